The summed E-state index contributed by atoms with van der Waals surface area (Å²) in [6.45, 7) is 1.84. The molecular formula is C24H24FN3O2S. The van der Waals surface area contributed by atoms with Crippen LogP contribution in [0.2, 0.25) is 0 Å². The van der Waals surface area contributed by atoms with Crippen molar-refractivity contribution in [2.24, 2.45) is 0 Å². The highest BCUT2D eigenvalue weighted by Crippen LogP contribution is 2.44. The lowest BCUT2D eigenvalue weighted by Crippen LogP contribution is -2.61. The molecule has 2 aromatic carbocycles. The molecule has 2 aromatic rings. The van der Waals surface area contributed by atoms with E-state index in [9.17, 15) is 14.0 Å². The standard InChI is InChI=1S/C24H24FN3O2S/c1-16-20(29)10-12-27-22(16)24(30)26(13-11-25)15-28(27)23-18-7-3-2-6-17(18)14-31-21-9-5-4-8-19(21)23/h2-9,23H,10-15H2,1H3. The average molecular weight is 438 g/mol. The SMILES string of the molecule is CC1=C2C(=O)N(CCF)CN(C3c4ccccc4CSc4ccccc43)N2CCC1=O. The second kappa shape index (κ2) is 8.13. The Bertz CT molecular complexity index is 1040. The van der Waals surface area contributed by atoms with Gasteiger partial charge in [0.15, 0.2) is 5.78 Å². The number of carbonyl (C=O) groups excluding carboxylic acids is 2. The molecule has 160 valence electrons. The van der Waals surface area contributed by atoms with Gasteiger partial charge in [0.2, 0.25) is 0 Å². The van der Waals surface area contributed by atoms with Gasteiger partial charge in [0, 0.05) is 29.2 Å². The van der Waals surface area contributed by atoms with Gasteiger partial charge in [-0.25, -0.2) is 4.39 Å². The number of halogens is 1. The van der Waals surface area contributed by atoms with Gasteiger partial charge in [-0.05, 0) is 29.7 Å². The van der Waals surface area contributed by atoms with Gasteiger partial charge < -0.3 is 4.90 Å². The van der Waals surface area contributed by atoms with Crippen LogP contribution in [0.15, 0.2) is 64.7 Å². The molecule has 5 nitrogen and oxygen atoms in total. The number of amides is 1. The van der Waals surface area contributed by atoms with Crippen molar-refractivity contribution in [3.8, 4) is 0 Å². The monoisotopic (exact) mass is 437 g/mol. The number of benzene rings is 2. The van der Waals surface area contributed by atoms with Crippen LogP contribution in [0.4, 0.5) is 4.39 Å². The van der Waals surface area contributed by atoms with E-state index < -0.39 is 6.67 Å². The summed E-state index contributed by atoms with van der Waals surface area (Å²) >= 11 is 1.81. The molecule has 3 aliphatic rings. The lowest BCUT2D eigenvalue weighted by molar-refractivity contribution is -0.157. The fourth-order valence-corrected chi connectivity index (χ4v) is 5.83. The van der Waals surface area contributed by atoms with Crippen molar-refractivity contribution >= 4 is 23.5 Å². The number of hydrogen-bond donors (Lipinski definition) is 0. The topological polar surface area (TPSA) is 43.9 Å². The molecule has 0 aliphatic carbocycles. The minimum atomic E-state index is -0.618. The van der Waals surface area contributed by atoms with Crippen molar-refractivity contribution < 1.29 is 14.0 Å². The van der Waals surface area contributed by atoms with E-state index in [1.54, 1.807) is 6.92 Å². The summed E-state index contributed by atoms with van der Waals surface area (Å²) in [4.78, 5) is 28.3. The molecule has 0 bridgehead atoms. The molecule has 0 saturated carbocycles. The molecule has 1 unspecified atom stereocenters. The van der Waals surface area contributed by atoms with Crippen LogP contribution in [0.5, 0.6) is 0 Å². The number of hydrazine groups is 1. The number of ketones is 1. The maximum atomic E-state index is 13.3. The summed E-state index contributed by atoms with van der Waals surface area (Å²) in [6, 6.07) is 16.6. The van der Waals surface area contributed by atoms with E-state index in [-0.39, 0.29) is 30.9 Å². The molecule has 31 heavy (non-hydrogen) atoms. The summed E-state index contributed by atoms with van der Waals surface area (Å²) in [5.74, 6) is 0.591. The van der Waals surface area contributed by atoms with Gasteiger partial charge >= 0.3 is 0 Å². The second-order valence-corrected chi connectivity index (χ2v) is 9.05. The van der Waals surface area contributed by atoms with E-state index >= 15 is 0 Å². The number of thioether (sulfide) groups is 1. The van der Waals surface area contributed by atoms with Crippen LogP contribution in [0.3, 0.4) is 0 Å². The molecule has 0 aromatic heterocycles. The fraction of sp³-hybridized carbons (Fsp3) is 0.333. The van der Waals surface area contributed by atoms with Crippen LogP contribution in [-0.4, -0.2) is 53.0 Å². The smallest absolute Gasteiger partial charge is 0.273 e. The van der Waals surface area contributed by atoms with Gasteiger partial charge in [0.1, 0.15) is 12.4 Å². The Balaban J connectivity index is 1.70. The van der Waals surface area contributed by atoms with E-state index in [1.807, 2.05) is 35.0 Å². The zero-order valence-corrected chi connectivity index (χ0v) is 18.2. The maximum absolute atomic E-state index is 13.3. The first-order valence-corrected chi connectivity index (χ1v) is 11.5. The Kier molecular flexibility index (Phi) is 5.32. The number of carbonyl (C=O) groups is 2. The van der Waals surface area contributed by atoms with Gasteiger partial charge in [-0.2, -0.15) is 5.01 Å². The van der Waals surface area contributed by atoms with Crippen molar-refractivity contribution in [1.29, 1.82) is 0 Å². The second-order valence-electron chi connectivity index (χ2n) is 8.04. The summed E-state index contributed by atoms with van der Waals surface area (Å²) in [7, 11) is 0. The normalized spacial score (nSPS) is 21.5. The Morgan fingerprint density at radius 1 is 1.06 bits per heavy atom. The van der Waals surface area contributed by atoms with Crippen molar-refractivity contribution in [3.05, 3.63) is 76.5 Å². The zero-order chi connectivity index (χ0) is 21.5. The molecule has 0 radical (unpaired) electrons. The summed E-state index contributed by atoms with van der Waals surface area (Å²) in [5, 5.41) is 4.13. The number of hydrogen-bond acceptors (Lipinski definition) is 5. The molecule has 1 atom stereocenters. The third-order valence-corrected chi connectivity index (χ3v) is 7.43. The first-order valence-electron chi connectivity index (χ1n) is 10.5. The van der Waals surface area contributed by atoms with Crippen molar-refractivity contribution in [2.75, 3.05) is 26.4 Å². The van der Waals surface area contributed by atoms with E-state index in [2.05, 4.69) is 35.3 Å². The molecule has 1 amide bonds. The fourth-order valence-electron chi connectivity index (χ4n) is 4.74. The molecule has 0 spiro atoms. The maximum Gasteiger partial charge on any atom is 0.273 e. The van der Waals surface area contributed by atoms with Crippen LogP contribution in [0, 0.1) is 0 Å². The Labute approximate surface area is 185 Å². The predicted molar refractivity (Wildman–Crippen MR) is 118 cm³/mol. The van der Waals surface area contributed by atoms with Crippen LogP contribution >= 0.6 is 11.8 Å². The highest BCUT2D eigenvalue weighted by Gasteiger charge is 2.43. The molecule has 3 heterocycles. The van der Waals surface area contributed by atoms with Crippen LogP contribution in [0.25, 0.3) is 0 Å². The summed E-state index contributed by atoms with van der Waals surface area (Å²) < 4.78 is 13.3. The largest absolute Gasteiger partial charge is 0.320 e. The molecule has 1 saturated heterocycles. The number of fused-ring (bicyclic) bond motifs is 3. The number of nitrogens with zero attached hydrogens (tertiary/aromatic N) is 3. The lowest BCUT2D eigenvalue weighted by Gasteiger charge is -2.50. The number of alkyl halides is 1. The van der Waals surface area contributed by atoms with E-state index in [0.717, 1.165) is 5.75 Å². The zero-order valence-electron chi connectivity index (χ0n) is 17.4. The van der Waals surface area contributed by atoms with Crippen molar-refractivity contribution in [2.45, 2.75) is 30.0 Å². The van der Waals surface area contributed by atoms with E-state index in [4.69, 9.17) is 0 Å². The first kappa shape index (κ1) is 20.3. The van der Waals surface area contributed by atoms with Crippen molar-refractivity contribution in [3.63, 3.8) is 0 Å². The van der Waals surface area contributed by atoms with Crippen LogP contribution < -0.4 is 0 Å². The van der Waals surface area contributed by atoms with Gasteiger partial charge in [0.25, 0.3) is 5.91 Å². The number of allylic oxidation sites excluding steroid dienone is 1. The summed E-state index contributed by atoms with van der Waals surface area (Å²) in [5.41, 5.74) is 4.46. The Morgan fingerprint density at radius 3 is 2.61 bits per heavy atom. The first-order chi connectivity index (χ1) is 15.1. The number of Topliss-reactive ketones (excluding diaryl/α,β-unsaturated/α-hetero) is 1. The molecule has 0 N–H and O–H groups in total. The Hall–Kier alpha value is -2.64. The third-order valence-electron chi connectivity index (χ3n) is 6.30. The van der Waals surface area contributed by atoms with E-state index in [0.29, 0.717) is 24.2 Å². The van der Waals surface area contributed by atoms with Crippen LogP contribution in [-0.2, 0) is 15.3 Å². The van der Waals surface area contributed by atoms with E-state index in [1.165, 1.54) is 26.5 Å². The molecule has 1 fully saturated rings. The Morgan fingerprint density at radius 2 is 1.81 bits per heavy atom. The molecular weight excluding hydrogens is 413 g/mol. The molecule has 5 rings (SSSR count). The minimum absolute atomic E-state index is 0.0128. The van der Waals surface area contributed by atoms with Gasteiger partial charge in [-0.1, -0.05) is 42.5 Å². The quantitative estimate of drug-likeness (QED) is 0.728. The summed E-state index contributed by atoms with van der Waals surface area (Å²) in [6.07, 6.45) is 0.368. The van der Waals surface area contributed by atoms with Gasteiger partial charge in [-0.3, -0.25) is 14.6 Å². The minimum Gasteiger partial charge on any atom is -0.320 e. The molecule has 3 aliphatic heterocycles. The highest BCUT2D eigenvalue weighted by molar-refractivity contribution is 7.98. The lowest BCUT2D eigenvalue weighted by atomic mass is 9.93. The van der Waals surface area contributed by atoms with Crippen LogP contribution in [0.1, 0.15) is 36.1 Å². The number of rotatable bonds is 3. The highest BCUT2D eigenvalue weighted by atomic mass is 32.2. The third kappa shape index (κ3) is 3.36. The van der Waals surface area contributed by atoms with Gasteiger partial charge in [-0.15, -0.1) is 11.8 Å². The van der Waals surface area contributed by atoms with Crippen molar-refractivity contribution in [1.82, 2.24) is 14.9 Å². The average Bonchev–Trinajstić information content (AvgIpc) is 2.95. The van der Waals surface area contributed by atoms with Gasteiger partial charge in [0.05, 0.1) is 19.3 Å². The predicted octanol–water partition coefficient (Wildman–Crippen LogP) is 3.92. The molecule has 7 heteroatoms.